The second-order valence-electron chi connectivity index (χ2n) is 8.77. The summed E-state index contributed by atoms with van der Waals surface area (Å²) >= 11 is 0. The van der Waals surface area contributed by atoms with Crippen LogP contribution in [0.5, 0.6) is 0 Å². The molecule has 0 aliphatic heterocycles. The summed E-state index contributed by atoms with van der Waals surface area (Å²) in [6, 6.07) is 9.93. The fraction of sp³-hybridized carbons (Fsp3) is 0.667. The van der Waals surface area contributed by atoms with Crippen LogP contribution in [0.1, 0.15) is 79.9 Å². The number of ether oxygens (including phenoxy) is 1. The van der Waals surface area contributed by atoms with Gasteiger partial charge in [-0.25, -0.2) is 0 Å². The lowest BCUT2D eigenvalue weighted by Crippen LogP contribution is -2.45. The highest BCUT2D eigenvalue weighted by Crippen LogP contribution is 2.50. The first-order chi connectivity index (χ1) is 10.4. The van der Waals surface area contributed by atoms with Crippen molar-refractivity contribution in [1.29, 1.82) is 0 Å². The topological polar surface area (TPSA) is 26.3 Å². The van der Waals surface area contributed by atoms with Gasteiger partial charge in [-0.05, 0) is 43.1 Å². The van der Waals surface area contributed by atoms with Gasteiger partial charge >= 0.3 is 5.97 Å². The molecule has 0 spiro atoms. The second-order valence-corrected chi connectivity index (χ2v) is 8.77. The van der Waals surface area contributed by atoms with Gasteiger partial charge in [0, 0.05) is 0 Å². The molecule has 130 valence electrons. The van der Waals surface area contributed by atoms with E-state index < -0.39 is 5.41 Å². The molecule has 1 aromatic rings. The number of carbonyl (C=O) groups is 1. The van der Waals surface area contributed by atoms with Crippen LogP contribution in [-0.2, 0) is 9.53 Å². The van der Waals surface area contributed by atoms with E-state index in [-0.39, 0.29) is 22.9 Å². The third-order valence-electron chi connectivity index (χ3n) is 5.26. The van der Waals surface area contributed by atoms with Gasteiger partial charge in [0.15, 0.2) is 0 Å². The normalized spacial score (nSPS) is 16.5. The third-order valence-corrected chi connectivity index (χ3v) is 5.26. The van der Waals surface area contributed by atoms with Crippen LogP contribution < -0.4 is 0 Å². The lowest BCUT2D eigenvalue weighted by atomic mass is 9.59. The van der Waals surface area contributed by atoms with Gasteiger partial charge in [-0.2, -0.15) is 0 Å². The Bertz CT molecular complexity index is 510. The summed E-state index contributed by atoms with van der Waals surface area (Å²) in [7, 11) is 0. The van der Waals surface area contributed by atoms with Crippen molar-refractivity contribution in [2.45, 2.75) is 74.3 Å². The summed E-state index contributed by atoms with van der Waals surface area (Å²) in [5.41, 5.74) is 0.473. The van der Waals surface area contributed by atoms with E-state index in [4.69, 9.17) is 4.74 Å². The van der Waals surface area contributed by atoms with Gasteiger partial charge in [0.05, 0.1) is 5.41 Å². The highest BCUT2D eigenvalue weighted by Gasteiger charge is 2.49. The van der Waals surface area contributed by atoms with E-state index in [1.165, 1.54) is 0 Å². The Balaban J connectivity index is 3.05. The van der Waals surface area contributed by atoms with Crippen LogP contribution in [0.4, 0.5) is 0 Å². The molecule has 1 rings (SSSR count). The molecule has 0 bridgehead atoms. The van der Waals surface area contributed by atoms with Crippen molar-refractivity contribution >= 4 is 5.97 Å². The average molecular weight is 319 g/mol. The number of carbonyl (C=O) groups excluding carboxylic acids is 1. The van der Waals surface area contributed by atoms with Crippen molar-refractivity contribution in [2.75, 3.05) is 0 Å². The molecule has 2 nitrogen and oxygen atoms in total. The zero-order chi connectivity index (χ0) is 17.9. The van der Waals surface area contributed by atoms with Crippen LogP contribution in [-0.4, -0.2) is 5.97 Å². The molecule has 0 aliphatic rings. The van der Waals surface area contributed by atoms with E-state index in [0.717, 1.165) is 18.4 Å². The van der Waals surface area contributed by atoms with E-state index in [2.05, 4.69) is 48.5 Å². The lowest BCUT2D eigenvalue weighted by molar-refractivity contribution is -0.171. The fourth-order valence-electron chi connectivity index (χ4n) is 3.12. The van der Waals surface area contributed by atoms with Crippen LogP contribution in [0.25, 0.3) is 0 Å². The molecule has 0 heterocycles. The van der Waals surface area contributed by atoms with E-state index in [1.54, 1.807) is 0 Å². The Morgan fingerprint density at radius 2 is 1.57 bits per heavy atom. The maximum Gasteiger partial charge on any atom is 0.312 e. The molecule has 0 saturated heterocycles. The van der Waals surface area contributed by atoms with Gasteiger partial charge in [-0.1, -0.05) is 71.9 Å². The summed E-state index contributed by atoms with van der Waals surface area (Å²) in [6.45, 7) is 17.1. The molecule has 2 atom stereocenters. The van der Waals surface area contributed by atoms with Gasteiger partial charge in [0.1, 0.15) is 6.10 Å². The fourth-order valence-corrected chi connectivity index (χ4v) is 3.12. The van der Waals surface area contributed by atoms with Crippen molar-refractivity contribution in [3.8, 4) is 0 Å². The average Bonchev–Trinajstić information content (AvgIpc) is 2.46. The molecular formula is C21H34O2. The molecule has 0 aromatic heterocycles. The number of hydrogen-bond donors (Lipinski definition) is 0. The predicted octanol–water partition coefficient (Wildman–Crippen LogP) is 6.17. The molecule has 0 saturated carbocycles. The number of rotatable bonds is 6. The molecule has 2 heteroatoms. The largest absolute Gasteiger partial charge is 0.457 e. The number of esters is 1. The molecule has 0 amide bonds. The quantitative estimate of drug-likeness (QED) is 0.586. The van der Waals surface area contributed by atoms with Gasteiger partial charge in [0.2, 0.25) is 0 Å². The maximum atomic E-state index is 13.1. The zero-order valence-electron chi connectivity index (χ0n) is 16.2. The Labute approximate surface area is 142 Å². The monoisotopic (exact) mass is 318 g/mol. The molecule has 0 fully saturated rings. The van der Waals surface area contributed by atoms with Crippen LogP contribution in [0.3, 0.4) is 0 Å². The zero-order valence-corrected chi connectivity index (χ0v) is 16.2. The van der Waals surface area contributed by atoms with Crippen molar-refractivity contribution in [1.82, 2.24) is 0 Å². The van der Waals surface area contributed by atoms with Crippen molar-refractivity contribution < 1.29 is 9.53 Å². The molecule has 0 radical (unpaired) electrons. The smallest absolute Gasteiger partial charge is 0.312 e. The summed E-state index contributed by atoms with van der Waals surface area (Å²) in [4.78, 5) is 13.1. The molecule has 1 aromatic carbocycles. The summed E-state index contributed by atoms with van der Waals surface area (Å²) in [6.07, 6.45) is 1.52. The molecule has 2 unspecified atom stereocenters. The minimum Gasteiger partial charge on any atom is -0.457 e. The Morgan fingerprint density at radius 3 is 2.00 bits per heavy atom. The van der Waals surface area contributed by atoms with Crippen molar-refractivity contribution in [3.05, 3.63) is 35.9 Å². The van der Waals surface area contributed by atoms with Gasteiger partial charge < -0.3 is 4.74 Å². The van der Waals surface area contributed by atoms with E-state index in [0.29, 0.717) is 0 Å². The van der Waals surface area contributed by atoms with Gasteiger partial charge in [0.25, 0.3) is 0 Å². The van der Waals surface area contributed by atoms with Crippen molar-refractivity contribution in [2.24, 2.45) is 16.2 Å². The standard InChI is InChI=1S/C21H34O2/c1-9-20(6,7)21(8,15-19(3,4)5)18(22)23-16(2)17-13-11-10-12-14-17/h10-14,16H,9,15H2,1-8H3. The third kappa shape index (κ3) is 4.83. The highest BCUT2D eigenvalue weighted by atomic mass is 16.5. The Hall–Kier alpha value is -1.31. The number of benzene rings is 1. The van der Waals surface area contributed by atoms with E-state index in [1.807, 2.05) is 37.3 Å². The molecule has 23 heavy (non-hydrogen) atoms. The van der Waals surface area contributed by atoms with Gasteiger partial charge in [-0.15, -0.1) is 0 Å². The minimum absolute atomic E-state index is 0.0657. The van der Waals surface area contributed by atoms with E-state index in [9.17, 15) is 4.79 Å². The van der Waals surface area contributed by atoms with Gasteiger partial charge in [-0.3, -0.25) is 4.79 Å². The molecule has 0 aliphatic carbocycles. The Kier molecular flexibility index (Phi) is 6.06. The Morgan fingerprint density at radius 1 is 1.04 bits per heavy atom. The first-order valence-corrected chi connectivity index (χ1v) is 8.69. The van der Waals surface area contributed by atoms with Crippen LogP contribution in [0, 0.1) is 16.2 Å². The second kappa shape index (κ2) is 7.07. The van der Waals surface area contributed by atoms with Crippen LogP contribution >= 0.6 is 0 Å². The first-order valence-electron chi connectivity index (χ1n) is 8.69. The van der Waals surface area contributed by atoms with E-state index >= 15 is 0 Å². The summed E-state index contributed by atoms with van der Waals surface area (Å²) in [5, 5.41) is 0. The SMILES string of the molecule is CCC(C)(C)C(C)(CC(C)(C)C)C(=O)OC(C)c1ccccc1. The highest BCUT2D eigenvalue weighted by molar-refractivity contribution is 5.77. The molecular weight excluding hydrogens is 284 g/mol. The van der Waals surface area contributed by atoms with Crippen LogP contribution in [0.2, 0.25) is 0 Å². The predicted molar refractivity (Wildman–Crippen MR) is 97.2 cm³/mol. The number of hydrogen-bond acceptors (Lipinski definition) is 2. The maximum absolute atomic E-state index is 13.1. The first kappa shape index (κ1) is 19.7. The van der Waals surface area contributed by atoms with Crippen molar-refractivity contribution in [3.63, 3.8) is 0 Å². The minimum atomic E-state index is -0.511. The summed E-state index contributed by atoms with van der Waals surface area (Å²) < 4.78 is 5.90. The molecule has 0 N–H and O–H groups in total. The summed E-state index contributed by atoms with van der Waals surface area (Å²) in [5.74, 6) is -0.0874. The van der Waals surface area contributed by atoms with Crippen LogP contribution in [0.15, 0.2) is 30.3 Å². The lowest BCUT2D eigenvalue weighted by Gasteiger charge is -2.45.